The second kappa shape index (κ2) is 6.58. The molecule has 1 atom stereocenters. The lowest BCUT2D eigenvalue weighted by Crippen LogP contribution is -2.44. The van der Waals surface area contributed by atoms with Crippen LogP contribution in [0.25, 0.3) is 16.5 Å². The summed E-state index contributed by atoms with van der Waals surface area (Å²) in [4.78, 5) is 26.6. The molecule has 7 nitrogen and oxygen atoms in total. The van der Waals surface area contributed by atoms with Crippen LogP contribution in [-0.2, 0) is 0 Å². The van der Waals surface area contributed by atoms with Crippen molar-refractivity contribution in [3.63, 3.8) is 0 Å². The molecule has 0 bridgehead atoms. The van der Waals surface area contributed by atoms with E-state index in [1.165, 1.54) is 17.0 Å². The highest BCUT2D eigenvalue weighted by Gasteiger charge is 2.28. The molecule has 1 aromatic carbocycles. The molecule has 7 heteroatoms. The largest absolute Gasteiger partial charge is 0.465 e. The third-order valence-corrected chi connectivity index (χ3v) is 4.78. The molecule has 0 aliphatic heterocycles. The number of H-pyrrole nitrogens is 1. The van der Waals surface area contributed by atoms with Crippen LogP contribution in [-0.4, -0.2) is 38.1 Å². The monoisotopic (exact) mass is 343 g/mol. The molecule has 1 aliphatic carbocycles. The van der Waals surface area contributed by atoms with Gasteiger partial charge in [-0.15, -0.1) is 0 Å². The lowest BCUT2D eigenvalue weighted by atomic mass is 9.89. The molecule has 0 fully saturated rings. The minimum absolute atomic E-state index is 0.00690. The van der Waals surface area contributed by atoms with Gasteiger partial charge in [-0.1, -0.05) is 6.08 Å². The van der Waals surface area contributed by atoms with E-state index in [1.54, 1.807) is 6.07 Å². The summed E-state index contributed by atoms with van der Waals surface area (Å²) in [5, 5.41) is 21.2. The third-order valence-electron chi connectivity index (χ3n) is 4.78. The number of aromatic nitrogens is 1. The molecule has 2 N–H and O–H groups in total. The third kappa shape index (κ3) is 3.22. The number of nitro groups is 1. The van der Waals surface area contributed by atoms with Gasteiger partial charge in [0.25, 0.3) is 5.69 Å². The van der Waals surface area contributed by atoms with Crippen LogP contribution in [0.15, 0.2) is 30.5 Å². The van der Waals surface area contributed by atoms with Gasteiger partial charge < -0.3 is 15.0 Å². The minimum Gasteiger partial charge on any atom is -0.465 e. The van der Waals surface area contributed by atoms with E-state index in [1.807, 2.05) is 20.0 Å². The molecule has 2 aromatic rings. The van der Waals surface area contributed by atoms with E-state index in [9.17, 15) is 20.0 Å². The summed E-state index contributed by atoms with van der Waals surface area (Å²) in [7, 11) is 0. The Hall–Kier alpha value is -2.83. The maximum absolute atomic E-state index is 11.5. The molecule has 1 heterocycles. The maximum atomic E-state index is 11.5. The van der Waals surface area contributed by atoms with Gasteiger partial charge in [0.15, 0.2) is 0 Å². The fraction of sp³-hybridized carbons (Fsp3) is 0.389. The van der Waals surface area contributed by atoms with Gasteiger partial charge in [0, 0.05) is 41.4 Å². The first-order valence-electron chi connectivity index (χ1n) is 8.34. The predicted octanol–water partition coefficient (Wildman–Crippen LogP) is 4.40. The van der Waals surface area contributed by atoms with Gasteiger partial charge >= 0.3 is 6.09 Å². The van der Waals surface area contributed by atoms with Crippen LogP contribution in [0, 0.1) is 10.1 Å². The average Bonchev–Trinajstić information content (AvgIpc) is 2.98. The normalized spacial score (nSPS) is 17.6. The number of fused-ring (bicyclic) bond motifs is 1. The number of amides is 1. The summed E-state index contributed by atoms with van der Waals surface area (Å²) in [6.45, 7) is 3.78. The van der Waals surface area contributed by atoms with Crippen LogP contribution in [0.5, 0.6) is 0 Å². The Morgan fingerprint density at radius 2 is 2.20 bits per heavy atom. The number of aromatic amines is 1. The highest BCUT2D eigenvalue weighted by atomic mass is 16.6. The Kier molecular flexibility index (Phi) is 4.48. The zero-order valence-electron chi connectivity index (χ0n) is 14.2. The van der Waals surface area contributed by atoms with E-state index in [0.717, 1.165) is 34.9 Å². The van der Waals surface area contributed by atoms with Crippen LogP contribution in [0.2, 0.25) is 0 Å². The smallest absolute Gasteiger partial charge is 0.407 e. The van der Waals surface area contributed by atoms with Crippen LogP contribution < -0.4 is 0 Å². The number of carbonyl (C=O) groups is 1. The summed E-state index contributed by atoms with van der Waals surface area (Å²) in [5.74, 6) is 0. The molecule has 1 aliphatic rings. The number of nitrogens with one attached hydrogen (secondary N) is 1. The van der Waals surface area contributed by atoms with Crippen molar-refractivity contribution in [3.05, 3.63) is 46.1 Å². The molecular weight excluding hydrogens is 322 g/mol. The molecule has 132 valence electrons. The highest BCUT2D eigenvalue weighted by Crippen LogP contribution is 2.34. The van der Waals surface area contributed by atoms with Gasteiger partial charge in [0.1, 0.15) is 0 Å². The van der Waals surface area contributed by atoms with Crippen molar-refractivity contribution in [2.75, 3.05) is 0 Å². The van der Waals surface area contributed by atoms with E-state index >= 15 is 0 Å². The number of nitrogens with zero attached hydrogens (tertiary/aromatic N) is 2. The van der Waals surface area contributed by atoms with Gasteiger partial charge in [0.2, 0.25) is 0 Å². The molecule has 0 radical (unpaired) electrons. The van der Waals surface area contributed by atoms with Crippen molar-refractivity contribution >= 4 is 28.3 Å². The lowest BCUT2D eigenvalue weighted by Gasteiger charge is -2.34. The summed E-state index contributed by atoms with van der Waals surface area (Å²) < 4.78 is 0. The Balaban J connectivity index is 1.85. The number of allylic oxidation sites excluding steroid dienone is 1. The second-order valence-corrected chi connectivity index (χ2v) is 6.63. The molecule has 3 rings (SSSR count). The fourth-order valence-electron chi connectivity index (χ4n) is 3.61. The summed E-state index contributed by atoms with van der Waals surface area (Å²) in [6, 6.07) is 4.76. The molecule has 0 spiro atoms. The number of hydrogen-bond donors (Lipinski definition) is 2. The van der Waals surface area contributed by atoms with Gasteiger partial charge in [0.05, 0.1) is 10.4 Å². The molecule has 1 unspecified atom stereocenters. The van der Waals surface area contributed by atoms with Gasteiger partial charge in [-0.2, -0.15) is 0 Å². The van der Waals surface area contributed by atoms with Crippen molar-refractivity contribution in [2.45, 2.75) is 45.2 Å². The van der Waals surface area contributed by atoms with Crippen LogP contribution in [0.3, 0.4) is 0 Å². The van der Waals surface area contributed by atoms with E-state index in [4.69, 9.17) is 0 Å². The number of non-ortho nitro benzene ring substituents is 1. The average molecular weight is 343 g/mol. The molecule has 1 aromatic heterocycles. The topological polar surface area (TPSA) is 99.5 Å². The van der Waals surface area contributed by atoms with Crippen molar-refractivity contribution in [2.24, 2.45) is 0 Å². The first kappa shape index (κ1) is 17.0. The van der Waals surface area contributed by atoms with E-state index in [2.05, 4.69) is 11.1 Å². The molecule has 25 heavy (non-hydrogen) atoms. The Morgan fingerprint density at radius 1 is 1.44 bits per heavy atom. The Labute approximate surface area is 145 Å². The lowest BCUT2D eigenvalue weighted by molar-refractivity contribution is -0.384. The minimum atomic E-state index is -0.878. The number of carboxylic acid groups (broad SMARTS) is 1. The van der Waals surface area contributed by atoms with E-state index in [-0.39, 0.29) is 17.8 Å². The Morgan fingerprint density at radius 3 is 2.76 bits per heavy atom. The zero-order valence-corrected chi connectivity index (χ0v) is 14.2. The van der Waals surface area contributed by atoms with Crippen LogP contribution in [0.1, 0.15) is 38.7 Å². The molecule has 0 saturated heterocycles. The molecule has 0 saturated carbocycles. The second-order valence-electron chi connectivity index (χ2n) is 6.63. The van der Waals surface area contributed by atoms with Gasteiger partial charge in [-0.3, -0.25) is 10.1 Å². The Bertz CT molecular complexity index is 853. The first-order valence-corrected chi connectivity index (χ1v) is 8.34. The number of nitro benzene ring substituents is 1. The van der Waals surface area contributed by atoms with Crippen LogP contribution in [0.4, 0.5) is 10.5 Å². The molecule has 1 amide bonds. The number of benzene rings is 1. The van der Waals surface area contributed by atoms with Crippen molar-refractivity contribution < 1.29 is 14.8 Å². The summed E-state index contributed by atoms with van der Waals surface area (Å²) in [6.07, 6.45) is 5.32. The van der Waals surface area contributed by atoms with Crippen LogP contribution >= 0.6 is 0 Å². The van der Waals surface area contributed by atoms with Crippen molar-refractivity contribution in [3.8, 4) is 0 Å². The molecular formula is C18H21N3O4. The van der Waals surface area contributed by atoms with Gasteiger partial charge in [-0.05, 0) is 44.7 Å². The van der Waals surface area contributed by atoms with E-state index in [0.29, 0.717) is 6.42 Å². The summed E-state index contributed by atoms with van der Waals surface area (Å²) in [5.41, 5.74) is 2.99. The highest BCUT2D eigenvalue weighted by molar-refractivity contribution is 5.93. The van der Waals surface area contributed by atoms with Crippen molar-refractivity contribution in [1.29, 1.82) is 0 Å². The number of hydrogen-bond acceptors (Lipinski definition) is 3. The van der Waals surface area contributed by atoms with Gasteiger partial charge in [-0.25, -0.2) is 4.79 Å². The quantitative estimate of drug-likeness (QED) is 0.635. The fourth-order valence-corrected chi connectivity index (χ4v) is 3.61. The van der Waals surface area contributed by atoms with Crippen molar-refractivity contribution in [1.82, 2.24) is 9.88 Å². The zero-order chi connectivity index (χ0) is 18.1. The predicted molar refractivity (Wildman–Crippen MR) is 95.6 cm³/mol. The SMILES string of the molecule is CC(C)N(C(=O)O)C1CC=C(c2c[nH]c3cc([N+](=O)[O-])ccc23)CC1. The maximum Gasteiger partial charge on any atom is 0.407 e. The van der Waals surface area contributed by atoms with E-state index < -0.39 is 11.0 Å². The first-order chi connectivity index (χ1) is 11.9. The number of rotatable bonds is 4. The standard InChI is InChI=1S/C18H21N3O4/c1-11(2)20(18(22)23)13-5-3-12(4-6-13)16-10-19-17-9-14(21(24)25)7-8-15(16)17/h3,7-11,13,19H,4-6H2,1-2H3,(H,22,23). The summed E-state index contributed by atoms with van der Waals surface area (Å²) >= 11 is 0.